The number of amides is 1. The molecule has 5 nitrogen and oxygen atoms in total. The molecule has 1 atom stereocenters. The topological polar surface area (TPSA) is 67.8 Å². The Hall–Kier alpha value is -0.990. The number of aliphatic imine (C=N–C) groups is 1. The first-order chi connectivity index (χ1) is 12.6. The summed E-state index contributed by atoms with van der Waals surface area (Å²) in [7, 11) is 0. The van der Waals surface area contributed by atoms with E-state index < -0.39 is 0 Å². The summed E-state index contributed by atoms with van der Waals surface area (Å²) >= 11 is 4.72. The lowest BCUT2D eigenvalue weighted by atomic mass is 10.1. The number of thiophene rings is 1. The Morgan fingerprint density at radius 1 is 1.31 bits per heavy atom. The van der Waals surface area contributed by atoms with Gasteiger partial charge in [0.25, 0.3) is 0 Å². The zero-order valence-electron chi connectivity index (χ0n) is 15.1. The molecule has 1 aliphatic heterocycles. The van der Waals surface area contributed by atoms with Crippen molar-refractivity contribution in [1.29, 1.82) is 0 Å². The van der Waals surface area contributed by atoms with Crippen molar-refractivity contribution in [2.75, 3.05) is 24.2 Å². The van der Waals surface area contributed by atoms with Crippen molar-refractivity contribution >= 4 is 56.1 Å². The van der Waals surface area contributed by atoms with E-state index in [1.165, 1.54) is 23.1 Å². The van der Waals surface area contributed by atoms with Gasteiger partial charge in [-0.1, -0.05) is 29.9 Å². The van der Waals surface area contributed by atoms with Crippen molar-refractivity contribution in [3.8, 4) is 0 Å². The predicted molar refractivity (Wildman–Crippen MR) is 112 cm³/mol. The number of hydrogen-bond donors (Lipinski definition) is 1. The van der Waals surface area contributed by atoms with Gasteiger partial charge in [0.2, 0.25) is 5.91 Å². The molecule has 142 valence electrons. The van der Waals surface area contributed by atoms with Crippen molar-refractivity contribution in [2.45, 2.75) is 51.2 Å². The summed E-state index contributed by atoms with van der Waals surface area (Å²) in [4.78, 5) is 30.8. The van der Waals surface area contributed by atoms with E-state index in [0.29, 0.717) is 17.2 Å². The fourth-order valence-electron chi connectivity index (χ4n) is 3.06. The van der Waals surface area contributed by atoms with Crippen LogP contribution in [0.4, 0.5) is 5.00 Å². The smallest absolute Gasteiger partial charge is 0.341 e. The number of esters is 1. The summed E-state index contributed by atoms with van der Waals surface area (Å²) < 4.78 is 6.24. The highest BCUT2D eigenvalue weighted by Crippen LogP contribution is 2.38. The second kappa shape index (κ2) is 9.28. The normalized spacial score (nSPS) is 17.8. The minimum atomic E-state index is -0.321. The van der Waals surface area contributed by atoms with Gasteiger partial charge in [-0.25, -0.2) is 4.79 Å². The highest BCUT2D eigenvalue weighted by Gasteiger charge is 2.28. The van der Waals surface area contributed by atoms with Crippen LogP contribution in [-0.4, -0.2) is 40.4 Å². The van der Waals surface area contributed by atoms with Gasteiger partial charge in [-0.05, 0) is 45.1 Å². The fourth-order valence-corrected chi connectivity index (χ4v) is 6.46. The molecule has 1 unspecified atom stereocenters. The largest absolute Gasteiger partial charge is 0.462 e. The Balaban J connectivity index is 1.79. The van der Waals surface area contributed by atoms with Crippen LogP contribution < -0.4 is 5.32 Å². The molecule has 1 aromatic heterocycles. The molecule has 0 spiro atoms. The average Bonchev–Trinajstić information content (AvgIpc) is 3.17. The Bertz CT molecular complexity index is 715. The summed E-state index contributed by atoms with van der Waals surface area (Å²) in [5.41, 5.74) is 1.66. The van der Waals surface area contributed by atoms with Crippen molar-refractivity contribution in [3.63, 3.8) is 0 Å². The molecule has 8 heteroatoms. The molecule has 2 aliphatic rings. The van der Waals surface area contributed by atoms with Crippen LogP contribution >= 0.6 is 34.9 Å². The van der Waals surface area contributed by atoms with E-state index in [9.17, 15) is 9.59 Å². The molecule has 1 N–H and O–H groups in total. The third-order valence-corrected chi connectivity index (χ3v) is 7.85. The van der Waals surface area contributed by atoms with Gasteiger partial charge in [0.15, 0.2) is 0 Å². The Kier molecular flexibility index (Phi) is 7.05. The van der Waals surface area contributed by atoms with Crippen LogP contribution in [0.3, 0.4) is 0 Å². The van der Waals surface area contributed by atoms with E-state index >= 15 is 0 Å². The Labute approximate surface area is 166 Å². The number of fused-ring (bicyclic) bond motifs is 1. The summed E-state index contributed by atoms with van der Waals surface area (Å²) in [6, 6.07) is 0. The molecule has 0 radical (unpaired) electrons. The average molecular weight is 413 g/mol. The number of ether oxygens (including phenoxy) is 1. The van der Waals surface area contributed by atoms with E-state index in [1.807, 2.05) is 6.92 Å². The van der Waals surface area contributed by atoms with E-state index in [0.717, 1.165) is 47.9 Å². The monoisotopic (exact) mass is 412 g/mol. The maximum atomic E-state index is 12.7. The van der Waals surface area contributed by atoms with Crippen LogP contribution in [-0.2, 0) is 22.4 Å². The van der Waals surface area contributed by atoms with Crippen LogP contribution in [0.2, 0.25) is 0 Å². The van der Waals surface area contributed by atoms with Crippen molar-refractivity contribution in [1.82, 2.24) is 0 Å². The lowest BCUT2D eigenvalue weighted by Gasteiger charge is -2.12. The van der Waals surface area contributed by atoms with Crippen LogP contribution in [0.25, 0.3) is 0 Å². The van der Waals surface area contributed by atoms with Gasteiger partial charge in [0.1, 0.15) is 9.38 Å². The van der Waals surface area contributed by atoms with Crippen LogP contribution in [0, 0.1) is 0 Å². The van der Waals surface area contributed by atoms with Gasteiger partial charge in [-0.15, -0.1) is 11.3 Å². The predicted octanol–water partition coefficient (Wildman–Crippen LogP) is 4.36. The number of carbonyl (C=O) groups is 2. The van der Waals surface area contributed by atoms with Gasteiger partial charge < -0.3 is 10.1 Å². The lowest BCUT2D eigenvalue weighted by molar-refractivity contribution is -0.115. The van der Waals surface area contributed by atoms with Gasteiger partial charge in [-0.3, -0.25) is 9.79 Å². The number of aryl methyl sites for hydroxylation is 1. The molecule has 0 fully saturated rings. The first-order valence-electron chi connectivity index (χ1n) is 9.06. The molecule has 0 aromatic carbocycles. The van der Waals surface area contributed by atoms with E-state index in [2.05, 4.69) is 10.3 Å². The first kappa shape index (κ1) is 19.8. The molecular weight excluding hydrogens is 388 g/mol. The zero-order chi connectivity index (χ0) is 18.5. The van der Waals surface area contributed by atoms with Crippen LogP contribution in [0.5, 0.6) is 0 Å². The molecule has 1 amide bonds. The number of carbonyl (C=O) groups excluding carboxylic acids is 2. The second-order valence-corrected chi connectivity index (χ2v) is 10.0. The van der Waals surface area contributed by atoms with E-state index in [1.54, 1.807) is 30.0 Å². The maximum Gasteiger partial charge on any atom is 0.341 e. The Morgan fingerprint density at radius 2 is 2.12 bits per heavy atom. The van der Waals surface area contributed by atoms with E-state index in [-0.39, 0.29) is 17.1 Å². The number of hydrogen-bond acceptors (Lipinski definition) is 7. The first-order valence-corrected chi connectivity index (χ1v) is 11.7. The molecule has 2 heterocycles. The molecule has 0 saturated carbocycles. The minimum Gasteiger partial charge on any atom is -0.462 e. The summed E-state index contributed by atoms with van der Waals surface area (Å²) in [5.74, 6) is 0.576. The van der Waals surface area contributed by atoms with Crippen LogP contribution in [0.1, 0.15) is 53.9 Å². The van der Waals surface area contributed by atoms with Gasteiger partial charge >= 0.3 is 5.97 Å². The molecule has 1 aliphatic carbocycles. The highest BCUT2D eigenvalue weighted by molar-refractivity contribution is 8.39. The summed E-state index contributed by atoms with van der Waals surface area (Å²) in [6.07, 6.45) is 5.24. The lowest BCUT2D eigenvalue weighted by Crippen LogP contribution is -2.24. The summed E-state index contributed by atoms with van der Waals surface area (Å²) in [5, 5.41) is 3.39. The molecule has 1 aromatic rings. The maximum absolute atomic E-state index is 12.7. The minimum absolute atomic E-state index is 0.0906. The molecule has 0 bridgehead atoms. The third-order valence-electron chi connectivity index (χ3n) is 4.34. The highest BCUT2D eigenvalue weighted by atomic mass is 32.2. The van der Waals surface area contributed by atoms with Crippen LogP contribution in [0.15, 0.2) is 4.99 Å². The number of rotatable bonds is 5. The SMILES string of the molecule is CCOC(=O)c1c(NC(=O)C(C)SC2=NCCS2)sc2c1CCCCC2. The molecule has 3 rings (SSSR count). The standard InChI is InChI=1S/C18H24N2O3S3/c1-3-23-17(22)14-12-7-5-4-6-8-13(12)26-16(14)20-15(21)11(2)25-18-19-9-10-24-18/h11H,3-10H2,1-2H3,(H,20,21). The molecule has 0 saturated heterocycles. The van der Waals surface area contributed by atoms with Gasteiger partial charge in [0.05, 0.1) is 24.0 Å². The van der Waals surface area contributed by atoms with Gasteiger partial charge in [-0.2, -0.15) is 0 Å². The van der Waals surface area contributed by atoms with Crippen molar-refractivity contribution in [2.24, 2.45) is 4.99 Å². The summed E-state index contributed by atoms with van der Waals surface area (Å²) in [6.45, 7) is 4.84. The zero-order valence-corrected chi connectivity index (χ0v) is 17.6. The van der Waals surface area contributed by atoms with Crippen molar-refractivity contribution in [3.05, 3.63) is 16.0 Å². The van der Waals surface area contributed by atoms with E-state index in [4.69, 9.17) is 4.74 Å². The quantitative estimate of drug-likeness (QED) is 0.575. The molecule has 26 heavy (non-hydrogen) atoms. The fraction of sp³-hybridized carbons (Fsp3) is 0.611. The molecular formula is C18H24N2O3S3. The number of anilines is 1. The Morgan fingerprint density at radius 3 is 2.85 bits per heavy atom. The number of nitrogens with zero attached hydrogens (tertiary/aromatic N) is 1. The number of nitrogens with one attached hydrogen (secondary N) is 1. The second-order valence-electron chi connectivity index (χ2n) is 6.23. The number of thioether (sulfide) groups is 2. The third kappa shape index (κ3) is 4.64. The van der Waals surface area contributed by atoms with Crippen molar-refractivity contribution < 1.29 is 14.3 Å². The van der Waals surface area contributed by atoms with Gasteiger partial charge in [0, 0.05) is 10.6 Å².